The first-order valence-corrected chi connectivity index (χ1v) is 8.23. The summed E-state index contributed by atoms with van der Waals surface area (Å²) < 4.78 is 11.0. The van der Waals surface area contributed by atoms with Gasteiger partial charge in [-0.1, -0.05) is 5.16 Å². The minimum absolute atomic E-state index is 0.253. The molecule has 3 aromatic heterocycles. The third kappa shape index (κ3) is 2.97. The summed E-state index contributed by atoms with van der Waals surface area (Å²) in [5.74, 6) is 1.53. The van der Waals surface area contributed by atoms with E-state index in [0.29, 0.717) is 48.0 Å². The molecule has 4 rings (SSSR count). The van der Waals surface area contributed by atoms with Gasteiger partial charge < -0.3 is 18.9 Å². The SMILES string of the molecule is N#Cc1nccc2oc(-c3nc(CC4CCN(C(=O)O)CC4)no3)cc12. The summed E-state index contributed by atoms with van der Waals surface area (Å²) in [7, 11) is 0. The van der Waals surface area contributed by atoms with Gasteiger partial charge in [-0.05, 0) is 24.8 Å². The van der Waals surface area contributed by atoms with Crippen LogP contribution < -0.4 is 0 Å². The molecule has 0 aromatic carbocycles. The van der Waals surface area contributed by atoms with Crippen LogP contribution in [0, 0.1) is 17.2 Å². The van der Waals surface area contributed by atoms with E-state index in [1.54, 1.807) is 12.1 Å². The second kappa shape index (κ2) is 6.48. The fourth-order valence-electron chi connectivity index (χ4n) is 3.18. The summed E-state index contributed by atoms with van der Waals surface area (Å²) in [6.07, 6.45) is 2.82. The van der Waals surface area contributed by atoms with E-state index in [1.807, 2.05) is 6.07 Å². The summed E-state index contributed by atoms with van der Waals surface area (Å²) in [4.78, 5) is 20.7. The van der Waals surface area contributed by atoms with Gasteiger partial charge in [-0.2, -0.15) is 10.2 Å². The Labute approximate surface area is 147 Å². The average molecular weight is 353 g/mol. The van der Waals surface area contributed by atoms with Gasteiger partial charge in [-0.25, -0.2) is 9.78 Å². The highest BCUT2D eigenvalue weighted by molar-refractivity contribution is 5.85. The smallest absolute Gasteiger partial charge is 0.407 e. The normalized spacial score (nSPS) is 15.3. The molecule has 9 heteroatoms. The van der Waals surface area contributed by atoms with E-state index in [-0.39, 0.29) is 11.6 Å². The topological polar surface area (TPSA) is 129 Å². The lowest BCUT2D eigenvalue weighted by atomic mass is 9.93. The summed E-state index contributed by atoms with van der Waals surface area (Å²) >= 11 is 0. The summed E-state index contributed by atoms with van der Waals surface area (Å²) in [5.41, 5.74) is 0.815. The van der Waals surface area contributed by atoms with Gasteiger partial charge in [-0.3, -0.25) is 0 Å². The molecule has 1 fully saturated rings. The van der Waals surface area contributed by atoms with E-state index in [9.17, 15) is 4.79 Å². The van der Waals surface area contributed by atoms with E-state index >= 15 is 0 Å². The molecule has 0 atom stereocenters. The van der Waals surface area contributed by atoms with Crippen molar-refractivity contribution in [1.29, 1.82) is 5.26 Å². The Morgan fingerprint density at radius 2 is 2.23 bits per heavy atom. The number of furan rings is 1. The Balaban J connectivity index is 1.49. The van der Waals surface area contributed by atoms with Crippen molar-refractivity contribution in [2.45, 2.75) is 19.3 Å². The van der Waals surface area contributed by atoms with Gasteiger partial charge in [0.1, 0.15) is 11.7 Å². The molecule has 0 radical (unpaired) electrons. The first-order valence-electron chi connectivity index (χ1n) is 8.23. The van der Waals surface area contributed by atoms with E-state index in [0.717, 1.165) is 12.8 Å². The monoisotopic (exact) mass is 353 g/mol. The quantitative estimate of drug-likeness (QED) is 0.760. The number of hydrogen-bond donors (Lipinski definition) is 1. The Kier molecular flexibility index (Phi) is 4.01. The minimum atomic E-state index is -0.874. The molecular weight excluding hydrogens is 338 g/mol. The molecule has 0 spiro atoms. The molecule has 132 valence electrons. The van der Waals surface area contributed by atoms with E-state index in [2.05, 4.69) is 15.1 Å². The molecule has 26 heavy (non-hydrogen) atoms. The van der Waals surface area contributed by atoms with E-state index < -0.39 is 6.09 Å². The van der Waals surface area contributed by atoms with Crippen LogP contribution in [0.15, 0.2) is 27.3 Å². The largest absolute Gasteiger partial charge is 0.465 e. The molecule has 0 saturated carbocycles. The zero-order valence-electron chi connectivity index (χ0n) is 13.8. The van der Waals surface area contributed by atoms with Crippen molar-refractivity contribution in [3.05, 3.63) is 29.8 Å². The van der Waals surface area contributed by atoms with Gasteiger partial charge in [0.25, 0.3) is 5.89 Å². The third-order valence-corrected chi connectivity index (χ3v) is 4.59. The van der Waals surface area contributed by atoms with Gasteiger partial charge in [0.05, 0.1) is 5.39 Å². The van der Waals surface area contributed by atoms with Crippen LogP contribution in [0.2, 0.25) is 0 Å². The number of likely N-dealkylation sites (tertiary alicyclic amines) is 1. The Morgan fingerprint density at radius 1 is 1.42 bits per heavy atom. The lowest BCUT2D eigenvalue weighted by molar-refractivity contribution is 0.124. The van der Waals surface area contributed by atoms with Crippen molar-refractivity contribution < 1.29 is 18.8 Å². The molecule has 1 aliphatic rings. The van der Waals surface area contributed by atoms with Crippen LogP contribution >= 0.6 is 0 Å². The van der Waals surface area contributed by atoms with Gasteiger partial charge >= 0.3 is 6.09 Å². The molecule has 4 heterocycles. The maximum absolute atomic E-state index is 11.0. The molecule has 0 aliphatic carbocycles. The standard InChI is InChI=1S/C17H15N5O4/c18-9-12-11-8-14(25-13(11)1-4-19-12)16-20-15(21-26-16)7-10-2-5-22(6-3-10)17(23)24/h1,4,8,10H,2-3,5-7H2,(H,23,24). The van der Waals surface area contributed by atoms with Crippen LogP contribution in [-0.2, 0) is 6.42 Å². The lowest BCUT2D eigenvalue weighted by Crippen LogP contribution is -2.37. The zero-order chi connectivity index (χ0) is 18.1. The Bertz CT molecular complexity index is 994. The molecule has 0 unspecified atom stereocenters. The van der Waals surface area contributed by atoms with Crippen molar-refractivity contribution in [3.8, 4) is 17.7 Å². The number of fused-ring (bicyclic) bond motifs is 1. The highest BCUT2D eigenvalue weighted by Crippen LogP contribution is 2.28. The van der Waals surface area contributed by atoms with E-state index in [4.69, 9.17) is 19.3 Å². The summed E-state index contributed by atoms with van der Waals surface area (Å²) in [6, 6.07) is 5.37. The number of hydrogen-bond acceptors (Lipinski definition) is 7. The second-order valence-corrected chi connectivity index (χ2v) is 6.23. The van der Waals surface area contributed by atoms with Crippen LogP contribution in [0.5, 0.6) is 0 Å². The first kappa shape index (κ1) is 16.1. The molecule has 1 N–H and O–H groups in total. The predicted molar refractivity (Wildman–Crippen MR) is 88.0 cm³/mol. The van der Waals surface area contributed by atoms with Gasteiger partial charge in [0.15, 0.2) is 17.3 Å². The minimum Gasteiger partial charge on any atom is -0.465 e. The molecular formula is C17H15N5O4. The Hall–Kier alpha value is -3.41. The summed E-state index contributed by atoms with van der Waals surface area (Å²) in [6.45, 7) is 1.05. The lowest BCUT2D eigenvalue weighted by Gasteiger charge is -2.29. The third-order valence-electron chi connectivity index (χ3n) is 4.59. The fraction of sp³-hybridized carbons (Fsp3) is 0.353. The van der Waals surface area contributed by atoms with Crippen LogP contribution in [0.3, 0.4) is 0 Å². The van der Waals surface area contributed by atoms with Crippen molar-refractivity contribution in [1.82, 2.24) is 20.0 Å². The van der Waals surface area contributed by atoms with Crippen molar-refractivity contribution in [3.63, 3.8) is 0 Å². The molecule has 1 amide bonds. The van der Waals surface area contributed by atoms with Crippen molar-refractivity contribution >= 4 is 17.1 Å². The Morgan fingerprint density at radius 3 is 2.96 bits per heavy atom. The number of aromatic nitrogens is 3. The fourth-order valence-corrected chi connectivity index (χ4v) is 3.18. The van der Waals surface area contributed by atoms with Crippen LogP contribution in [0.4, 0.5) is 4.79 Å². The first-order chi connectivity index (χ1) is 12.6. The number of rotatable bonds is 3. The highest BCUT2D eigenvalue weighted by Gasteiger charge is 2.24. The maximum Gasteiger partial charge on any atom is 0.407 e. The molecule has 3 aromatic rings. The number of piperidine rings is 1. The van der Waals surface area contributed by atoms with E-state index in [1.165, 1.54) is 11.1 Å². The molecule has 1 aliphatic heterocycles. The predicted octanol–water partition coefficient (Wildman–Crippen LogP) is 2.68. The summed E-state index contributed by atoms with van der Waals surface area (Å²) in [5, 5.41) is 22.7. The molecule has 1 saturated heterocycles. The zero-order valence-corrected chi connectivity index (χ0v) is 13.8. The number of nitrogens with zero attached hydrogens (tertiary/aromatic N) is 5. The van der Waals surface area contributed by atoms with Gasteiger partial charge in [0.2, 0.25) is 0 Å². The molecule has 0 bridgehead atoms. The highest BCUT2D eigenvalue weighted by atomic mass is 16.5. The van der Waals surface area contributed by atoms with Crippen LogP contribution in [-0.4, -0.2) is 44.3 Å². The maximum atomic E-state index is 11.0. The van der Waals surface area contributed by atoms with Gasteiger partial charge in [0, 0.05) is 31.8 Å². The number of amides is 1. The average Bonchev–Trinajstić information content (AvgIpc) is 3.28. The number of pyridine rings is 1. The van der Waals surface area contributed by atoms with Crippen LogP contribution in [0.1, 0.15) is 24.4 Å². The van der Waals surface area contributed by atoms with Gasteiger partial charge in [-0.15, -0.1) is 0 Å². The number of carbonyl (C=O) groups is 1. The van der Waals surface area contributed by atoms with Crippen LogP contribution in [0.25, 0.3) is 22.6 Å². The molecule has 9 nitrogen and oxygen atoms in total. The number of carboxylic acid groups (broad SMARTS) is 1. The second-order valence-electron chi connectivity index (χ2n) is 6.23. The number of nitriles is 1. The van der Waals surface area contributed by atoms with Crippen molar-refractivity contribution in [2.75, 3.05) is 13.1 Å². The van der Waals surface area contributed by atoms with Crippen molar-refractivity contribution in [2.24, 2.45) is 5.92 Å².